The van der Waals surface area contributed by atoms with Crippen molar-refractivity contribution in [3.05, 3.63) is 52.4 Å². The summed E-state index contributed by atoms with van der Waals surface area (Å²) in [6.45, 7) is 2.05. The predicted octanol–water partition coefficient (Wildman–Crippen LogP) is 3.61. The summed E-state index contributed by atoms with van der Waals surface area (Å²) in [5.41, 5.74) is 7.33. The molecular formula is C14H15BrFN3. The molecule has 1 aromatic heterocycles. The maximum absolute atomic E-state index is 12.8. The SMILES string of the molecule is CC(Cc1ccc(F)cc1)Nc1ncc(N)cc1Br. The Labute approximate surface area is 120 Å². The zero-order valence-corrected chi connectivity index (χ0v) is 12.1. The van der Waals surface area contributed by atoms with Crippen LogP contribution in [0, 0.1) is 5.82 Å². The van der Waals surface area contributed by atoms with E-state index in [2.05, 4.69) is 26.2 Å². The largest absolute Gasteiger partial charge is 0.397 e. The summed E-state index contributed by atoms with van der Waals surface area (Å²) < 4.78 is 13.6. The van der Waals surface area contributed by atoms with Gasteiger partial charge in [-0.1, -0.05) is 12.1 Å². The Morgan fingerprint density at radius 1 is 1.37 bits per heavy atom. The topological polar surface area (TPSA) is 50.9 Å². The molecule has 0 fully saturated rings. The molecule has 0 saturated heterocycles. The van der Waals surface area contributed by atoms with Crippen LogP contribution in [0.15, 0.2) is 41.0 Å². The lowest BCUT2D eigenvalue weighted by molar-refractivity contribution is 0.626. The number of hydrogen-bond acceptors (Lipinski definition) is 3. The van der Waals surface area contributed by atoms with Crippen LogP contribution in [0.25, 0.3) is 0 Å². The van der Waals surface area contributed by atoms with Gasteiger partial charge in [-0.3, -0.25) is 0 Å². The Bertz CT molecular complexity index is 557. The molecule has 5 heteroatoms. The van der Waals surface area contributed by atoms with Gasteiger partial charge < -0.3 is 11.1 Å². The molecule has 100 valence electrons. The number of hydrogen-bond donors (Lipinski definition) is 2. The van der Waals surface area contributed by atoms with E-state index in [4.69, 9.17) is 5.73 Å². The van der Waals surface area contributed by atoms with Gasteiger partial charge in [0.15, 0.2) is 0 Å². The van der Waals surface area contributed by atoms with E-state index in [0.717, 1.165) is 22.3 Å². The molecule has 0 saturated carbocycles. The number of aromatic nitrogens is 1. The zero-order chi connectivity index (χ0) is 13.8. The van der Waals surface area contributed by atoms with Gasteiger partial charge in [-0.05, 0) is 53.0 Å². The molecule has 1 aromatic carbocycles. The number of benzene rings is 1. The molecule has 3 nitrogen and oxygen atoms in total. The molecule has 0 aliphatic heterocycles. The number of pyridine rings is 1. The second-order valence-corrected chi connectivity index (χ2v) is 5.33. The van der Waals surface area contributed by atoms with E-state index in [-0.39, 0.29) is 11.9 Å². The third kappa shape index (κ3) is 3.92. The van der Waals surface area contributed by atoms with Crippen molar-refractivity contribution in [2.75, 3.05) is 11.1 Å². The standard InChI is InChI=1S/C14H15BrFN3/c1-9(6-10-2-4-11(16)5-3-10)19-14-13(15)7-12(17)8-18-14/h2-5,7-9H,6,17H2,1H3,(H,18,19). The normalized spacial score (nSPS) is 12.2. The van der Waals surface area contributed by atoms with Gasteiger partial charge in [-0.15, -0.1) is 0 Å². The van der Waals surface area contributed by atoms with Crippen molar-refractivity contribution >= 4 is 27.4 Å². The smallest absolute Gasteiger partial charge is 0.140 e. The summed E-state index contributed by atoms with van der Waals surface area (Å²) in [5, 5.41) is 3.29. The van der Waals surface area contributed by atoms with Crippen molar-refractivity contribution in [3.63, 3.8) is 0 Å². The second-order valence-electron chi connectivity index (χ2n) is 4.48. The number of halogens is 2. The first-order chi connectivity index (χ1) is 9.04. The van der Waals surface area contributed by atoms with Crippen LogP contribution in [0.1, 0.15) is 12.5 Å². The first-order valence-corrected chi connectivity index (χ1v) is 6.76. The third-order valence-corrected chi connectivity index (χ3v) is 3.31. The molecular weight excluding hydrogens is 309 g/mol. The Morgan fingerprint density at radius 3 is 2.68 bits per heavy atom. The number of nitrogens with one attached hydrogen (secondary N) is 1. The maximum Gasteiger partial charge on any atom is 0.140 e. The molecule has 2 rings (SSSR count). The Balaban J connectivity index is 2.01. The van der Waals surface area contributed by atoms with Crippen LogP contribution >= 0.6 is 15.9 Å². The highest BCUT2D eigenvalue weighted by molar-refractivity contribution is 9.10. The summed E-state index contributed by atoms with van der Waals surface area (Å²) in [6.07, 6.45) is 2.40. The molecule has 1 unspecified atom stereocenters. The minimum atomic E-state index is -0.215. The fourth-order valence-corrected chi connectivity index (χ4v) is 2.30. The molecule has 3 N–H and O–H groups in total. The molecule has 19 heavy (non-hydrogen) atoms. The molecule has 0 amide bonds. The van der Waals surface area contributed by atoms with E-state index < -0.39 is 0 Å². The molecule has 1 atom stereocenters. The number of nitrogen functional groups attached to an aromatic ring is 1. The van der Waals surface area contributed by atoms with Gasteiger partial charge in [0.25, 0.3) is 0 Å². The summed E-state index contributed by atoms with van der Waals surface area (Å²) in [4.78, 5) is 4.23. The number of anilines is 2. The second kappa shape index (κ2) is 6.02. The lowest BCUT2D eigenvalue weighted by Gasteiger charge is -2.15. The molecule has 2 aromatic rings. The monoisotopic (exact) mass is 323 g/mol. The summed E-state index contributed by atoms with van der Waals surface area (Å²) in [6, 6.07) is 8.51. The molecule has 0 radical (unpaired) electrons. The highest BCUT2D eigenvalue weighted by atomic mass is 79.9. The van der Waals surface area contributed by atoms with Crippen LogP contribution in [-0.2, 0) is 6.42 Å². The van der Waals surface area contributed by atoms with E-state index in [0.29, 0.717) is 5.69 Å². The maximum atomic E-state index is 12.8. The summed E-state index contributed by atoms with van der Waals surface area (Å²) in [5.74, 6) is 0.538. The molecule has 0 spiro atoms. The van der Waals surface area contributed by atoms with Crippen LogP contribution in [-0.4, -0.2) is 11.0 Å². The van der Waals surface area contributed by atoms with Gasteiger partial charge in [0.2, 0.25) is 0 Å². The predicted molar refractivity (Wildman–Crippen MR) is 79.5 cm³/mol. The van der Waals surface area contributed by atoms with E-state index >= 15 is 0 Å². The van der Waals surface area contributed by atoms with Crippen LogP contribution in [0.3, 0.4) is 0 Å². The van der Waals surface area contributed by atoms with Crippen molar-refractivity contribution < 1.29 is 4.39 Å². The Kier molecular flexibility index (Phi) is 4.37. The average Bonchev–Trinajstić information content (AvgIpc) is 2.36. The number of nitrogens with zero attached hydrogens (tertiary/aromatic N) is 1. The van der Waals surface area contributed by atoms with Gasteiger partial charge in [0.05, 0.1) is 16.4 Å². The first-order valence-electron chi connectivity index (χ1n) is 5.96. The van der Waals surface area contributed by atoms with Gasteiger partial charge in [0.1, 0.15) is 11.6 Å². The van der Waals surface area contributed by atoms with Crippen LogP contribution in [0.5, 0.6) is 0 Å². The van der Waals surface area contributed by atoms with E-state index in [1.54, 1.807) is 24.4 Å². The van der Waals surface area contributed by atoms with E-state index in [1.807, 2.05) is 6.92 Å². The fourth-order valence-electron chi connectivity index (χ4n) is 1.82. The van der Waals surface area contributed by atoms with Crippen molar-refractivity contribution in [1.29, 1.82) is 0 Å². The quantitative estimate of drug-likeness (QED) is 0.903. The van der Waals surface area contributed by atoms with Crippen molar-refractivity contribution in [3.8, 4) is 0 Å². The van der Waals surface area contributed by atoms with Gasteiger partial charge in [-0.25, -0.2) is 9.37 Å². The van der Waals surface area contributed by atoms with E-state index in [9.17, 15) is 4.39 Å². The van der Waals surface area contributed by atoms with Gasteiger partial charge in [0, 0.05) is 6.04 Å². The van der Waals surface area contributed by atoms with Crippen LogP contribution in [0.4, 0.5) is 15.9 Å². The molecule has 0 bridgehead atoms. The van der Waals surface area contributed by atoms with Gasteiger partial charge >= 0.3 is 0 Å². The first kappa shape index (κ1) is 13.8. The minimum Gasteiger partial charge on any atom is -0.397 e. The lowest BCUT2D eigenvalue weighted by atomic mass is 10.1. The van der Waals surface area contributed by atoms with Crippen LogP contribution < -0.4 is 11.1 Å². The van der Waals surface area contributed by atoms with Gasteiger partial charge in [-0.2, -0.15) is 0 Å². The number of rotatable bonds is 4. The minimum absolute atomic E-state index is 0.179. The average molecular weight is 324 g/mol. The summed E-state index contributed by atoms with van der Waals surface area (Å²) in [7, 11) is 0. The Hall–Kier alpha value is -1.62. The molecule has 1 heterocycles. The lowest BCUT2D eigenvalue weighted by Crippen LogP contribution is -2.19. The van der Waals surface area contributed by atoms with Crippen molar-refractivity contribution in [1.82, 2.24) is 4.98 Å². The van der Waals surface area contributed by atoms with Crippen LogP contribution in [0.2, 0.25) is 0 Å². The van der Waals surface area contributed by atoms with Crippen molar-refractivity contribution in [2.45, 2.75) is 19.4 Å². The third-order valence-electron chi connectivity index (χ3n) is 2.70. The highest BCUT2D eigenvalue weighted by Crippen LogP contribution is 2.22. The van der Waals surface area contributed by atoms with Crippen molar-refractivity contribution in [2.24, 2.45) is 0 Å². The van der Waals surface area contributed by atoms with E-state index in [1.165, 1.54) is 12.1 Å². The zero-order valence-electron chi connectivity index (χ0n) is 10.5. The molecule has 0 aliphatic carbocycles. The molecule has 0 aliphatic rings. The number of nitrogens with two attached hydrogens (primary N) is 1. The highest BCUT2D eigenvalue weighted by Gasteiger charge is 2.07. The Morgan fingerprint density at radius 2 is 2.05 bits per heavy atom. The summed E-state index contributed by atoms with van der Waals surface area (Å²) >= 11 is 3.42. The fraction of sp³-hybridized carbons (Fsp3) is 0.214.